The van der Waals surface area contributed by atoms with Crippen LogP contribution in [-0.2, 0) is 11.2 Å². The molecule has 0 saturated heterocycles. The third-order valence-electron chi connectivity index (χ3n) is 4.67. The number of carbonyl (C=O) groups is 1. The van der Waals surface area contributed by atoms with Crippen molar-refractivity contribution in [2.24, 2.45) is 0 Å². The number of aliphatic hydroxyl groups excluding tert-OH is 1. The van der Waals surface area contributed by atoms with E-state index >= 15 is 0 Å². The predicted octanol–water partition coefficient (Wildman–Crippen LogP) is 4.98. The standard InChI is InChI=1S/C23H24O2/c1-14-6-8-20(16(3)9-14)23(25)22-13-18(11-17(4)24)12-19-7-5-15(2)10-21(19)22/h5-10,12-13,23,25H,11H2,1-4H3. The summed E-state index contributed by atoms with van der Waals surface area (Å²) in [6, 6.07) is 16.4. The summed E-state index contributed by atoms with van der Waals surface area (Å²) in [6.07, 6.45) is -0.326. The van der Waals surface area contributed by atoms with E-state index in [4.69, 9.17) is 0 Å². The molecule has 0 radical (unpaired) electrons. The smallest absolute Gasteiger partial charge is 0.134 e. The number of carbonyl (C=O) groups excluding carboxylic acids is 1. The number of fused-ring (bicyclic) bond motifs is 1. The number of aliphatic hydroxyl groups is 1. The van der Waals surface area contributed by atoms with Gasteiger partial charge in [0, 0.05) is 6.42 Å². The Morgan fingerprint density at radius 1 is 0.920 bits per heavy atom. The molecule has 1 unspecified atom stereocenters. The minimum atomic E-state index is -0.711. The molecule has 2 heteroatoms. The molecule has 0 aliphatic heterocycles. The van der Waals surface area contributed by atoms with Crippen LogP contribution >= 0.6 is 0 Å². The van der Waals surface area contributed by atoms with Gasteiger partial charge in [-0.3, -0.25) is 4.79 Å². The Morgan fingerprint density at radius 3 is 2.28 bits per heavy atom. The van der Waals surface area contributed by atoms with Crippen molar-refractivity contribution >= 4 is 16.6 Å². The third-order valence-corrected chi connectivity index (χ3v) is 4.67. The number of benzene rings is 3. The first kappa shape index (κ1) is 17.4. The highest BCUT2D eigenvalue weighted by Crippen LogP contribution is 2.33. The molecular formula is C23H24O2. The van der Waals surface area contributed by atoms with E-state index in [1.54, 1.807) is 6.92 Å². The Bertz CT molecular complexity index is 954. The van der Waals surface area contributed by atoms with Gasteiger partial charge in [-0.2, -0.15) is 0 Å². The zero-order valence-electron chi connectivity index (χ0n) is 15.3. The maximum atomic E-state index is 11.6. The van der Waals surface area contributed by atoms with Crippen molar-refractivity contribution in [3.63, 3.8) is 0 Å². The Kier molecular flexibility index (Phi) is 4.73. The van der Waals surface area contributed by atoms with E-state index in [1.165, 1.54) is 5.56 Å². The maximum Gasteiger partial charge on any atom is 0.134 e. The SMILES string of the molecule is CC(=O)Cc1cc(C(O)c2ccc(C)cc2C)c2cc(C)ccc2c1. The zero-order valence-corrected chi connectivity index (χ0v) is 15.3. The second-order valence-electron chi connectivity index (χ2n) is 7.05. The van der Waals surface area contributed by atoms with Gasteiger partial charge < -0.3 is 5.11 Å². The van der Waals surface area contributed by atoms with E-state index in [9.17, 15) is 9.90 Å². The van der Waals surface area contributed by atoms with Crippen LogP contribution in [0.25, 0.3) is 10.8 Å². The fraction of sp³-hybridized carbons (Fsp3) is 0.261. The normalized spacial score (nSPS) is 12.4. The number of rotatable bonds is 4. The van der Waals surface area contributed by atoms with E-state index in [-0.39, 0.29) is 5.78 Å². The van der Waals surface area contributed by atoms with E-state index in [1.807, 2.05) is 31.2 Å². The number of hydrogen-bond donors (Lipinski definition) is 1. The van der Waals surface area contributed by atoms with E-state index in [0.717, 1.165) is 38.6 Å². The lowest BCUT2D eigenvalue weighted by Crippen LogP contribution is -2.05. The maximum absolute atomic E-state index is 11.6. The quantitative estimate of drug-likeness (QED) is 0.732. The largest absolute Gasteiger partial charge is 0.384 e. The molecule has 0 aliphatic rings. The summed E-state index contributed by atoms with van der Waals surface area (Å²) in [6.45, 7) is 7.73. The number of ketones is 1. The molecule has 0 fully saturated rings. The molecule has 1 atom stereocenters. The fourth-order valence-electron chi connectivity index (χ4n) is 3.48. The van der Waals surface area contributed by atoms with E-state index in [0.29, 0.717) is 6.42 Å². The van der Waals surface area contributed by atoms with Gasteiger partial charge in [-0.15, -0.1) is 0 Å². The molecular weight excluding hydrogens is 308 g/mol. The molecule has 3 rings (SSSR count). The number of Topliss-reactive ketones (excluding diaryl/α,β-unsaturated/α-hetero) is 1. The average Bonchev–Trinajstić information content (AvgIpc) is 2.53. The predicted molar refractivity (Wildman–Crippen MR) is 103 cm³/mol. The second kappa shape index (κ2) is 6.81. The van der Waals surface area contributed by atoms with Crippen LogP contribution in [-0.4, -0.2) is 10.9 Å². The molecule has 0 spiro atoms. The second-order valence-corrected chi connectivity index (χ2v) is 7.05. The summed E-state index contributed by atoms with van der Waals surface area (Å²) in [5.74, 6) is 0.124. The molecule has 0 amide bonds. The third kappa shape index (κ3) is 3.64. The highest BCUT2D eigenvalue weighted by Gasteiger charge is 2.17. The monoisotopic (exact) mass is 332 g/mol. The van der Waals surface area contributed by atoms with Crippen LogP contribution in [0.2, 0.25) is 0 Å². The van der Waals surface area contributed by atoms with Crippen LogP contribution < -0.4 is 0 Å². The van der Waals surface area contributed by atoms with Crippen molar-refractivity contribution in [2.45, 2.75) is 40.2 Å². The first-order chi connectivity index (χ1) is 11.8. The highest BCUT2D eigenvalue weighted by molar-refractivity contribution is 5.89. The van der Waals surface area contributed by atoms with E-state index < -0.39 is 6.10 Å². The molecule has 2 nitrogen and oxygen atoms in total. The minimum absolute atomic E-state index is 0.124. The molecule has 3 aromatic carbocycles. The zero-order chi connectivity index (χ0) is 18.1. The van der Waals surface area contributed by atoms with Crippen molar-refractivity contribution in [1.29, 1.82) is 0 Å². The van der Waals surface area contributed by atoms with Crippen LogP contribution in [0.3, 0.4) is 0 Å². The van der Waals surface area contributed by atoms with Gasteiger partial charge in [0.15, 0.2) is 0 Å². The number of aryl methyl sites for hydroxylation is 3. The van der Waals surface area contributed by atoms with Crippen LogP contribution in [0.1, 0.15) is 46.4 Å². The minimum Gasteiger partial charge on any atom is -0.384 e. The molecule has 1 N–H and O–H groups in total. The van der Waals surface area contributed by atoms with Crippen molar-refractivity contribution in [1.82, 2.24) is 0 Å². The molecule has 0 bridgehead atoms. The van der Waals surface area contributed by atoms with Crippen molar-refractivity contribution in [3.05, 3.63) is 81.9 Å². The lowest BCUT2D eigenvalue weighted by Gasteiger charge is -2.18. The highest BCUT2D eigenvalue weighted by atomic mass is 16.3. The number of hydrogen-bond acceptors (Lipinski definition) is 2. The average molecular weight is 332 g/mol. The van der Waals surface area contributed by atoms with Gasteiger partial charge in [-0.25, -0.2) is 0 Å². The van der Waals surface area contributed by atoms with Gasteiger partial charge in [-0.1, -0.05) is 59.7 Å². The fourth-order valence-corrected chi connectivity index (χ4v) is 3.48. The molecule has 0 saturated carbocycles. The van der Waals surface area contributed by atoms with Gasteiger partial charge in [-0.05, 0) is 60.7 Å². The van der Waals surface area contributed by atoms with Crippen LogP contribution in [0.5, 0.6) is 0 Å². The summed E-state index contributed by atoms with van der Waals surface area (Å²) < 4.78 is 0. The Balaban J connectivity index is 2.21. The van der Waals surface area contributed by atoms with Gasteiger partial charge in [0.05, 0.1) is 0 Å². The Hall–Kier alpha value is -2.45. The van der Waals surface area contributed by atoms with Gasteiger partial charge in [0.25, 0.3) is 0 Å². The molecule has 0 aromatic heterocycles. The van der Waals surface area contributed by atoms with Crippen LogP contribution in [0, 0.1) is 20.8 Å². The first-order valence-electron chi connectivity index (χ1n) is 8.63. The van der Waals surface area contributed by atoms with E-state index in [2.05, 4.69) is 38.1 Å². The topological polar surface area (TPSA) is 37.3 Å². The summed E-state index contributed by atoms with van der Waals surface area (Å²) in [4.78, 5) is 11.6. The summed E-state index contributed by atoms with van der Waals surface area (Å²) >= 11 is 0. The van der Waals surface area contributed by atoms with Crippen LogP contribution in [0.15, 0.2) is 48.5 Å². The van der Waals surface area contributed by atoms with Crippen LogP contribution in [0.4, 0.5) is 0 Å². The molecule has 0 heterocycles. The van der Waals surface area contributed by atoms with Gasteiger partial charge in [0.1, 0.15) is 11.9 Å². The lowest BCUT2D eigenvalue weighted by atomic mass is 9.90. The first-order valence-corrected chi connectivity index (χ1v) is 8.63. The Morgan fingerprint density at radius 2 is 1.60 bits per heavy atom. The molecule has 0 aliphatic carbocycles. The van der Waals surface area contributed by atoms with Crippen molar-refractivity contribution in [2.75, 3.05) is 0 Å². The van der Waals surface area contributed by atoms with Crippen molar-refractivity contribution < 1.29 is 9.90 Å². The van der Waals surface area contributed by atoms with Gasteiger partial charge >= 0.3 is 0 Å². The van der Waals surface area contributed by atoms with Gasteiger partial charge in [0.2, 0.25) is 0 Å². The Labute approximate surface area is 149 Å². The van der Waals surface area contributed by atoms with Crippen molar-refractivity contribution in [3.8, 4) is 0 Å². The molecule has 25 heavy (non-hydrogen) atoms. The molecule has 3 aromatic rings. The summed E-state index contributed by atoms with van der Waals surface area (Å²) in [5.41, 5.74) is 6.13. The summed E-state index contributed by atoms with van der Waals surface area (Å²) in [7, 11) is 0. The molecule has 128 valence electrons. The lowest BCUT2D eigenvalue weighted by molar-refractivity contribution is -0.116. The summed E-state index contributed by atoms with van der Waals surface area (Å²) in [5, 5.41) is 13.2.